The summed E-state index contributed by atoms with van der Waals surface area (Å²) in [5.41, 5.74) is 1.04. The number of aliphatic hydroxyl groups excluding tert-OH is 1. The van der Waals surface area contributed by atoms with Crippen molar-refractivity contribution in [3.8, 4) is 0 Å². The van der Waals surface area contributed by atoms with Gasteiger partial charge in [-0.15, -0.1) is 0 Å². The molecule has 0 bridgehead atoms. The van der Waals surface area contributed by atoms with Crippen molar-refractivity contribution >= 4 is 0 Å². The maximum absolute atomic E-state index is 10.3. The van der Waals surface area contributed by atoms with Crippen molar-refractivity contribution in [1.29, 1.82) is 0 Å². The largest absolute Gasteiger partial charge is 0.390 e. The van der Waals surface area contributed by atoms with E-state index >= 15 is 0 Å². The van der Waals surface area contributed by atoms with Crippen LogP contribution in [0.25, 0.3) is 0 Å². The molecule has 0 aliphatic heterocycles. The second kappa shape index (κ2) is 3.63. The first kappa shape index (κ1) is 10.7. The molecule has 0 aromatic carbocycles. The van der Waals surface area contributed by atoms with E-state index in [1.54, 1.807) is 0 Å². The van der Waals surface area contributed by atoms with Gasteiger partial charge in [-0.25, -0.2) is 0 Å². The van der Waals surface area contributed by atoms with Crippen molar-refractivity contribution in [2.24, 2.45) is 5.41 Å². The topological polar surface area (TPSA) is 38.0 Å². The number of hydrogen-bond acceptors (Lipinski definition) is 2. The molecule has 2 atom stereocenters. The van der Waals surface area contributed by atoms with Crippen LogP contribution >= 0.6 is 0 Å². The SMILES string of the molecule is Cc1ccn(C2CCCC(C)(C)C2O)n1. The number of nitrogens with zero attached hydrogens (tertiary/aromatic N) is 2. The minimum atomic E-state index is -0.287. The molecule has 3 nitrogen and oxygen atoms in total. The third-order valence-corrected chi connectivity index (χ3v) is 3.57. The second-order valence-electron chi connectivity index (χ2n) is 5.33. The molecule has 1 fully saturated rings. The van der Waals surface area contributed by atoms with Crippen LogP contribution in [-0.2, 0) is 0 Å². The first-order valence-electron chi connectivity index (χ1n) is 5.70. The molecule has 2 unspecified atom stereocenters. The van der Waals surface area contributed by atoms with E-state index in [0.717, 1.165) is 18.5 Å². The standard InChI is InChI=1S/C12H20N2O/c1-9-6-8-14(13-9)10-5-4-7-12(2,3)11(10)15/h6,8,10-11,15H,4-5,7H2,1-3H3. The highest BCUT2D eigenvalue weighted by atomic mass is 16.3. The molecule has 0 amide bonds. The van der Waals surface area contributed by atoms with Crippen LogP contribution in [0.1, 0.15) is 44.8 Å². The van der Waals surface area contributed by atoms with E-state index < -0.39 is 0 Å². The Morgan fingerprint density at radius 1 is 1.53 bits per heavy atom. The van der Waals surface area contributed by atoms with Crippen molar-refractivity contribution < 1.29 is 5.11 Å². The van der Waals surface area contributed by atoms with E-state index in [4.69, 9.17) is 0 Å². The van der Waals surface area contributed by atoms with Crippen LogP contribution in [0.2, 0.25) is 0 Å². The number of aryl methyl sites for hydroxylation is 1. The van der Waals surface area contributed by atoms with Gasteiger partial charge in [-0.1, -0.05) is 20.3 Å². The lowest BCUT2D eigenvalue weighted by molar-refractivity contribution is -0.0300. The zero-order valence-corrected chi connectivity index (χ0v) is 9.77. The Hall–Kier alpha value is -0.830. The quantitative estimate of drug-likeness (QED) is 0.769. The van der Waals surface area contributed by atoms with Gasteiger partial charge in [-0.2, -0.15) is 5.10 Å². The van der Waals surface area contributed by atoms with Crippen LogP contribution in [0.3, 0.4) is 0 Å². The minimum absolute atomic E-state index is 0.0166. The van der Waals surface area contributed by atoms with Crippen LogP contribution in [0, 0.1) is 12.3 Å². The predicted molar refractivity (Wildman–Crippen MR) is 59.6 cm³/mol. The smallest absolute Gasteiger partial charge is 0.0815 e. The fraction of sp³-hybridized carbons (Fsp3) is 0.750. The first-order chi connectivity index (χ1) is 7.00. The molecule has 1 aromatic heterocycles. The molecule has 1 N–H and O–H groups in total. The van der Waals surface area contributed by atoms with Crippen LogP contribution in [-0.4, -0.2) is 21.0 Å². The van der Waals surface area contributed by atoms with E-state index in [0.29, 0.717) is 0 Å². The third kappa shape index (κ3) is 1.93. The summed E-state index contributed by atoms with van der Waals surface area (Å²) in [6.45, 7) is 6.26. The fourth-order valence-corrected chi connectivity index (χ4v) is 2.49. The number of rotatable bonds is 1. The Balaban J connectivity index is 2.22. The Labute approximate surface area is 91.1 Å². The summed E-state index contributed by atoms with van der Waals surface area (Å²) in [7, 11) is 0. The lowest BCUT2D eigenvalue weighted by Gasteiger charge is -2.40. The highest BCUT2D eigenvalue weighted by molar-refractivity contribution is 4.99. The summed E-state index contributed by atoms with van der Waals surface area (Å²) >= 11 is 0. The molecule has 1 heterocycles. The van der Waals surface area contributed by atoms with Gasteiger partial charge in [0.2, 0.25) is 0 Å². The molecule has 1 aliphatic rings. The molecular weight excluding hydrogens is 188 g/mol. The van der Waals surface area contributed by atoms with Gasteiger partial charge in [0.15, 0.2) is 0 Å². The average molecular weight is 208 g/mol. The van der Waals surface area contributed by atoms with E-state index in [1.165, 1.54) is 6.42 Å². The molecule has 1 saturated carbocycles. The summed E-state index contributed by atoms with van der Waals surface area (Å²) in [6.07, 6.45) is 5.00. The molecule has 2 rings (SSSR count). The Morgan fingerprint density at radius 2 is 2.27 bits per heavy atom. The van der Waals surface area contributed by atoms with Crippen molar-refractivity contribution in [2.75, 3.05) is 0 Å². The zero-order chi connectivity index (χ0) is 11.1. The van der Waals surface area contributed by atoms with Crippen LogP contribution < -0.4 is 0 Å². The Kier molecular flexibility index (Phi) is 2.59. The monoisotopic (exact) mass is 208 g/mol. The summed E-state index contributed by atoms with van der Waals surface area (Å²) in [4.78, 5) is 0. The van der Waals surface area contributed by atoms with Crippen molar-refractivity contribution in [3.05, 3.63) is 18.0 Å². The second-order valence-corrected chi connectivity index (χ2v) is 5.33. The summed E-state index contributed by atoms with van der Waals surface area (Å²) in [5.74, 6) is 0. The van der Waals surface area contributed by atoms with Gasteiger partial charge in [0.25, 0.3) is 0 Å². The normalized spacial score (nSPS) is 30.4. The molecule has 0 saturated heterocycles. The molecular formula is C12H20N2O. The van der Waals surface area contributed by atoms with Gasteiger partial charge < -0.3 is 5.11 Å². The van der Waals surface area contributed by atoms with Crippen LogP contribution in [0.15, 0.2) is 12.3 Å². The number of aromatic nitrogens is 2. The van der Waals surface area contributed by atoms with Crippen LogP contribution in [0.4, 0.5) is 0 Å². The molecule has 15 heavy (non-hydrogen) atoms. The first-order valence-corrected chi connectivity index (χ1v) is 5.70. The van der Waals surface area contributed by atoms with E-state index in [2.05, 4.69) is 18.9 Å². The third-order valence-electron chi connectivity index (χ3n) is 3.57. The van der Waals surface area contributed by atoms with Gasteiger partial charge in [0.05, 0.1) is 17.8 Å². The highest BCUT2D eigenvalue weighted by Gasteiger charge is 2.38. The fourth-order valence-electron chi connectivity index (χ4n) is 2.49. The van der Waals surface area contributed by atoms with E-state index in [1.807, 2.05) is 23.9 Å². The van der Waals surface area contributed by atoms with Crippen molar-refractivity contribution in [1.82, 2.24) is 9.78 Å². The summed E-state index contributed by atoms with van der Waals surface area (Å²) in [6, 6.07) is 2.15. The average Bonchev–Trinajstić information content (AvgIpc) is 2.57. The molecule has 1 aromatic rings. The zero-order valence-electron chi connectivity index (χ0n) is 9.77. The summed E-state index contributed by atoms with van der Waals surface area (Å²) in [5, 5.41) is 14.7. The van der Waals surface area contributed by atoms with Gasteiger partial charge in [-0.3, -0.25) is 4.68 Å². The molecule has 3 heteroatoms. The van der Waals surface area contributed by atoms with Crippen molar-refractivity contribution in [3.63, 3.8) is 0 Å². The number of aliphatic hydroxyl groups is 1. The predicted octanol–water partition coefficient (Wildman–Crippen LogP) is 2.30. The molecule has 84 valence electrons. The number of hydrogen-bond donors (Lipinski definition) is 1. The molecule has 0 spiro atoms. The van der Waals surface area contributed by atoms with Gasteiger partial charge in [0, 0.05) is 6.20 Å². The Bertz CT molecular complexity index is 343. The highest BCUT2D eigenvalue weighted by Crippen LogP contribution is 2.40. The molecule has 1 aliphatic carbocycles. The lowest BCUT2D eigenvalue weighted by atomic mass is 9.72. The van der Waals surface area contributed by atoms with Gasteiger partial charge in [0.1, 0.15) is 0 Å². The molecule has 0 radical (unpaired) electrons. The lowest BCUT2D eigenvalue weighted by Crippen LogP contribution is -2.41. The van der Waals surface area contributed by atoms with Gasteiger partial charge in [-0.05, 0) is 31.2 Å². The van der Waals surface area contributed by atoms with Crippen molar-refractivity contribution in [2.45, 2.75) is 52.2 Å². The van der Waals surface area contributed by atoms with Gasteiger partial charge >= 0.3 is 0 Å². The Morgan fingerprint density at radius 3 is 2.87 bits per heavy atom. The maximum atomic E-state index is 10.3. The van der Waals surface area contributed by atoms with E-state index in [-0.39, 0.29) is 17.6 Å². The van der Waals surface area contributed by atoms with Crippen LogP contribution in [0.5, 0.6) is 0 Å². The maximum Gasteiger partial charge on any atom is 0.0815 e. The van der Waals surface area contributed by atoms with E-state index in [9.17, 15) is 5.11 Å². The minimum Gasteiger partial charge on any atom is -0.390 e. The summed E-state index contributed by atoms with van der Waals surface area (Å²) < 4.78 is 1.93.